The molecule has 0 saturated heterocycles. The molecule has 0 heterocycles. The maximum atomic E-state index is 12.0. The number of hydrogen-bond acceptors (Lipinski definition) is 6. The second-order valence-electron chi connectivity index (χ2n) is 10.2. The summed E-state index contributed by atoms with van der Waals surface area (Å²) >= 11 is 0. The van der Waals surface area contributed by atoms with Gasteiger partial charge in [0.1, 0.15) is 24.4 Å². The van der Waals surface area contributed by atoms with Gasteiger partial charge in [-0.05, 0) is 19.3 Å². The zero-order chi connectivity index (χ0) is 26.7. The molecule has 0 aliphatic carbocycles. The van der Waals surface area contributed by atoms with E-state index < -0.39 is 31.0 Å². The van der Waals surface area contributed by atoms with Gasteiger partial charge in [-0.3, -0.25) is 0 Å². The van der Waals surface area contributed by atoms with Crippen LogP contribution in [0.5, 0.6) is 0 Å². The van der Waals surface area contributed by atoms with E-state index in [9.17, 15) is 15.0 Å². The van der Waals surface area contributed by atoms with Gasteiger partial charge >= 0.3 is 0 Å². The van der Waals surface area contributed by atoms with Gasteiger partial charge in [-0.15, -0.1) is 0 Å². The summed E-state index contributed by atoms with van der Waals surface area (Å²) < 4.78 is 18.2. The van der Waals surface area contributed by atoms with Gasteiger partial charge in [0, 0.05) is 19.8 Å². The Bertz CT molecular complexity index is 447. The van der Waals surface area contributed by atoms with Gasteiger partial charge in [-0.25, -0.2) is 0 Å². The van der Waals surface area contributed by atoms with Crippen molar-refractivity contribution in [3.05, 3.63) is 0 Å². The number of hydrogen-bond donors (Lipinski definition) is 2. The summed E-state index contributed by atoms with van der Waals surface area (Å²) in [7, 11) is 0. The van der Waals surface area contributed by atoms with E-state index in [1.807, 2.05) is 0 Å². The second kappa shape index (κ2) is 27.5. The lowest BCUT2D eigenvalue weighted by Crippen LogP contribution is -2.50. The Hall–Kier alpha value is -0.530. The maximum Gasteiger partial charge on any atom is 0.151 e. The number of aldehydes is 1. The molecule has 0 unspecified atom stereocenters. The summed E-state index contributed by atoms with van der Waals surface area (Å²) in [6.45, 7) is 7.59. The van der Waals surface area contributed by atoms with E-state index in [1.54, 1.807) is 0 Å². The Labute approximate surface area is 222 Å². The fraction of sp³-hybridized carbons (Fsp3) is 0.967. The van der Waals surface area contributed by atoms with Crippen LogP contribution in [0.3, 0.4) is 0 Å². The van der Waals surface area contributed by atoms with Crippen LogP contribution in [-0.2, 0) is 19.0 Å². The molecule has 4 atom stereocenters. The average molecular weight is 517 g/mol. The van der Waals surface area contributed by atoms with Crippen LogP contribution in [0.15, 0.2) is 0 Å². The van der Waals surface area contributed by atoms with Gasteiger partial charge in [0.2, 0.25) is 0 Å². The van der Waals surface area contributed by atoms with Crippen molar-refractivity contribution in [1.29, 1.82) is 0 Å². The summed E-state index contributed by atoms with van der Waals surface area (Å²) in [6, 6.07) is 0. The van der Waals surface area contributed by atoms with Crippen molar-refractivity contribution in [2.45, 2.75) is 161 Å². The smallest absolute Gasteiger partial charge is 0.151 e. The molecule has 0 aromatic carbocycles. The first-order valence-corrected chi connectivity index (χ1v) is 15.2. The SMILES string of the molecule is CCCCCCCCO[C@@H]([C@H](OCCCCCCCC)[C@H](C=O)OCCCCCCCC)[C@H](O)CO. The minimum absolute atomic E-state index is 0.443. The fourth-order valence-corrected chi connectivity index (χ4v) is 4.42. The van der Waals surface area contributed by atoms with Gasteiger partial charge in [-0.2, -0.15) is 0 Å². The number of aliphatic hydroxyl groups is 2. The molecule has 0 aromatic heterocycles. The highest BCUT2D eigenvalue weighted by molar-refractivity contribution is 5.57. The minimum atomic E-state index is -1.13. The molecule has 0 aliphatic rings. The van der Waals surface area contributed by atoms with Gasteiger partial charge < -0.3 is 29.2 Å². The third kappa shape index (κ3) is 19.6. The Morgan fingerprint density at radius 2 is 0.917 bits per heavy atom. The van der Waals surface area contributed by atoms with E-state index in [-0.39, 0.29) is 0 Å². The molecule has 0 rings (SSSR count). The zero-order valence-corrected chi connectivity index (χ0v) is 24.0. The summed E-state index contributed by atoms with van der Waals surface area (Å²) in [5, 5.41) is 20.3. The third-order valence-corrected chi connectivity index (χ3v) is 6.77. The first-order chi connectivity index (χ1) is 17.7. The Balaban J connectivity index is 4.92. The number of ether oxygens (including phenoxy) is 3. The van der Waals surface area contributed by atoms with Crippen molar-refractivity contribution < 1.29 is 29.2 Å². The number of carbonyl (C=O) groups is 1. The molecule has 6 nitrogen and oxygen atoms in total. The first kappa shape index (κ1) is 35.5. The summed E-state index contributed by atoms with van der Waals surface area (Å²) in [6.07, 6.45) is 17.8. The lowest BCUT2D eigenvalue weighted by molar-refractivity contribution is -0.175. The minimum Gasteiger partial charge on any atom is -0.394 e. The van der Waals surface area contributed by atoms with Crippen molar-refractivity contribution in [2.24, 2.45) is 0 Å². The van der Waals surface area contributed by atoms with Crippen molar-refractivity contribution in [2.75, 3.05) is 26.4 Å². The summed E-state index contributed by atoms with van der Waals surface area (Å²) in [5.41, 5.74) is 0. The molecule has 0 saturated carbocycles. The predicted octanol–water partition coefficient (Wildman–Crippen LogP) is 6.78. The van der Waals surface area contributed by atoms with Crippen LogP contribution in [0.1, 0.15) is 136 Å². The van der Waals surface area contributed by atoms with E-state index in [0.717, 1.165) is 44.8 Å². The summed E-state index contributed by atoms with van der Waals surface area (Å²) in [5.74, 6) is 0. The highest BCUT2D eigenvalue weighted by atomic mass is 16.6. The molecule has 2 N–H and O–H groups in total. The lowest BCUT2D eigenvalue weighted by atomic mass is 10.0. The molecule has 0 radical (unpaired) electrons. The molecule has 0 fully saturated rings. The molecule has 0 amide bonds. The number of carbonyl (C=O) groups excluding carboxylic acids is 1. The third-order valence-electron chi connectivity index (χ3n) is 6.77. The average Bonchev–Trinajstić information content (AvgIpc) is 2.89. The zero-order valence-electron chi connectivity index (χ0n) is 24.0. The van der Waals surface area contributed by atoms with Crippen LogP contribution in [0.25, 0.3) is 0 Å². The second-order valence-corrected chi connectivity index (χ2v) is 10.2. The Morgan fingerprint density at radius 3 is 1.31 bits per heavy atom. The number of unbranched alkanes of at least 4 members (excludes halogenated alkanes) is 15. The fourth-order valence-electron chi connectivity index (χ4n) is 4.42. The molecule has 0 bridgehead atoms. The topological polar surface area (TPSA) is 85.2 Å². The molecule has 0 aromatic rings. The van der Waals surface area contributed by atoms with Crippen LogP contribution in [0.4, 0.5) is 0 Å². The molecule has 216 valence electrons. The van der Waals surface area contributed by atoms with E-state index in [4.69, 9.17) is 14.2 Å². The highest BCUT2D eigenvalue weighted by Crippen LogP contribution is 2.18. The van der Waals surface area contributed by atoms with E-state index >= 15 is 0 Å². The number of rotatable bonds is 29. The van der Waals surface area contributed by atoms with Crippen LogP contribution < -0.4 is 0 Å². The van der Waals surface area contributed by atoms with Crippen LogP contribution in [0, 0.1) is 0 Å². The van der Waals surface area contributed by atoms with Crippen LogP contribution >= 0.6 is 0 Å². The van der Waals surface area contributed by atoms with Crippen molar-refractivity contribution >= 4 is 6.29 Å². The monoisotopic (exact) mass is 516 g/mol. The maximum absolute atomic E-state index is 12.0. The molecule has 0 spiro atoms. The van der Waals surface area contributed by atoms with E-state index in [2.05, 4.69) is 20.8 Å². The molecule has 6 heteroatoms. The first-order valence-electron chi connectivity index (χ1n) is 15.2. The molecule has 36 heavy (non-hydrogen) atoms. The van der Waals surface area contributed by atoms with Crippen LogP contribution in [0.2, 0.25) is 0 Å². The quantitative estimate of drug-likeness (QED) is 0.0842. The van der Waals surface area contributed by atoms with Crippen LogP contribution in [-0.4, -0.2) is 67.3 Å². The predicted molar refractivity (Wildman–Crippen MR) is 149 cm³/mol. The van der Waals surface area contributed by atoms with E-state index in [0.29, 0.717) is 19.8 Å². The van der Waals surface area contributed by atoms with Gasteiger partial charge in [0.05, 0.1) is 6.61 Å². The van der Waals surface area contributed by atoms with Crippen molar-refractivity contribution in [3.63, 3.8) is 0 Å². The molecular weight excluding hydrogens is 456 g/mol. The molecule has 0 aliphatic heterocycles. The largest absolute Gasteiger partial charge is 0.394 e. The lowest BCUT2D eigenvalue weighted by Gasteiger charge is -2.33. The van der Waals surface area contributed by atoms with Gasteiger partial charge in [-0.1, -0.05) is 117 Å². The van der Waals surface area contributed by atoms with Crippen molar-refractivity contribution in [1.82, 2.24) is 0 Å². The van der Waals surface area contributed by atoms with Gasteiger partial charge in [0.15, 0.2) is 6.29 Å². The molecular formula is C30H60O6. The Kier molecular flexibility index (Phi) is 27.1. The van der Waals surface area contributed by atoms with Gasteiger partial charge in [0.25, 0.3) is 0 Å². The Morgan fingerprint density at radius 1 is 0.556 bits per heavy atom. The highest BCUT2D eigenvalue weighted by Gasteiger charge is 2.36. The summed E-state index contributed by atoms with van der Waals surface area (Å²) in [4.78, 5) is 12.0. The van der Waals surface area contributed by atoms with Crippen molar-refractivity contribution in [3.8, 4) is 0 Å². The standard InChI is InChI=1S/C30H60O6/c1-4-7-10-13-16-19-22-34-28(26-32)30(36-24-21-18-15-12-9-6-3)29(27(33)25-31)35-23-20-17-14-11-8-5-2/h26-31,33H,4-25H2,1-3H3/t27-,28+,29-,30-/m1/s1. The van der Waals surface area contributed by atoms with E-state index in [1.165, 1.54) is 77.0 Å². The normalized spacial score (nSPS) is 15.0. The number of aliphatic hydroxyl groups excluding tert-OH is 2.